The maximum atomic E-state index is 4.90. The summed E-state index contributed by atoms with van der Waals surface area (Å²) in [7, 11) is 3.06. The molecule has 0 aromatic carbocycles. The molecule has 0 fully saturated rings. The second-order valence-corrected chi connectivity index (χ2v) is 3.17. The van der Waals surface area contributed by atoms with Gasteiger partial charge in [0.15, 0.2) is 0 Å². The summed E-state index contributed by atoms with van der Waals surface area (Å²) in [6, 6.07) is 6.82. The van der Waals surface area contributed by atoms with Crippen molar-refractivity contribution in [1.82, 2.24) is 20.4 Å². The summed E-state index contributed by atoms with van der Waals surface area (Å²) in [5.74, 6) is 6.55. The lowest BCUT2D eigenvalue weighted by Gasteiger charge is -1.95. The fourth-order valence-corrected chi connectivity index (χ4v) is 1.12. The Labute approximate surface area is 104 Å². The van der Waals surface area contributed by atoms with Gasteiger partial charge < -0.3 is 9.47 Å². The molecule has 0 saturated carbocycles. The zero-order valence-corrected chi connectivity index (χ0v) is 9.91. The molecular weight excluding hydrogens is 232 g/mol. The van der Waals surface area contributed by atoms with Crippen LogP contribution < -0.4 is 9.47 Å². The quantitative estimate of drug-likeness (QED) is 0.721. The molecule has 0 aliphatic rings. The molecule has 2 rings (SSSR count). The summed E-state index contributed by atoms with van der Waals surface area (Å²) in [6.07, 6.45) is 0. The van der Waals surface area contributed by atoms with E-state index in [1.54, 1.807) is 24.3 Å². The van der Waals surface area contributed by atoms with Gasteiger partial charge in [-0.1, -0.05) is 0 Å². The highest BCUT2D eigenvalue weighted by atomic mass is 16.5. The Hall–Kier alpha value is -2.68. The minimum atomic E-state index is 0.449. The molecule has 6 heteroatoms. The highest BCUT2D eigenvalue weighted by molar-refractivity contribution is 5.36. The lowest BCUT2D eigenvalue weighted by atomic mass is 10.3. The van der Waals surface area contributed by atoms with Gasteiger partial charge in [0.25, 0.3) is 0 Å². The van der Waals surface area contributed by atoms with Crippen LogP contribution in [0, 0.1) is 11.8 Å². The van der Waals surface area contributed by atoms with Gasteiger partial charge in [0, 0.05) is 12.1 Å². The third kappa shape index (κ3) is 2.92. The molecule has 2 aromatic heterocycles. The maximum Gasteiger partial charge on any atom is 0.233 e. The molecule has 0 spiro atoms. The fourth-order valence-electron chi connectivity index (χ4n) is 1.12. The van der Waals surface area contributed by atoms with E-state index in [1.165, 1.54) is 14.2 Å². The minimum absolute atomic E-state index is 0.449. The van der Waals surface area contributed by atoms with Gasteiger partial charge in [-0.3, -0.25) is 0 Å². The van der Waals surface area contributed by atoms with Gasteiger partial charge in [0.2, 0.25) is 11.8 Å². The van der Waals surface area contributed by atoms with E-state index < -0.39 is 0 Å². The van der Waals surface area contributed by atoms with Gasteiger partial charge in [-0.15, -0.1) is 20.4 Å². The van der Waals surface area contributed by atoms with Crippen molar-refractivity contribution in [2.45, 2.75) is 0 Å². The number of hydrogen-bond acceptors (Lipinski definition) is 6. The van der Waals surface area contributed by atoms with E-state index in [4.69, 9.17) is 9.47 Å². The Morgan fingerprint density at radius 2 is 1.17 bits per heavy atom. The van der Waals surface area contributed by atoms with Gasteiger partial charge in [-0.2, -0.15) is 0 Å². The normalized spacial score (nSPS) is 9.22. The zero-order valence-electron chi connectivity index (χ0n) is 9.91. The Balaban J connectivity index is 2.14. The molecule has 6 nitrogen and oxygen atoms in total. The molecule has 90 valence electrons. The standard InChI is InChI=1S/C12H10N4O2/c1-17-11-7-5-9(13-15-11)3-4-10-6-8-12(18-2)16-14-10/h5-8H,1-2H3. The van der Waals surface area contributed by atoms with Crippen LogP contribution in [0.25, 0.3) is 0 Å². The SMILES string of the molecule is COc1ccc(C#Cc2ccc(OC)nn2)nn1. The fraction of sp³-hybridized carbons (Fsp3) is 0.167. The van der Waals surface area contributed by atoms with Crippen molar-refractivity contribution >= 4 is 0 Å². The van der Waals surface area contributed by atoms with Crippen LogP contribution in [-0.2, 0) is 0 Å². The smallest absolute Gasteiger partial charge is 0.233 e. The molecule has 0 radical (unpaired) electrons. The van der Waals surface area contributed by atoms with Crippen LogP contribution in [0.4, 0.5) is 0 Å². The first-order valence-corrected chi connectivity index (χ1v) is 5.09. The Bertz CT molecular complexity index is 518. The summed E-state index contributed by atoms with van der Waals surface area (Å²) < 4.78 is 9.80. The molecule has 2 heterocycles. The van der Waals surface area contributed by atoms with Gasteiger partial charge in [0.05, 0.1) is 14.2 Å². The van der Waals surface area contributed by atoms with Crippen molar-refractivity contribution in [2.24, 2.45) is 0 Å². The second kappa shape index (κ2) is 5.59. The first-order valence-electron chi connectivity index (χ1n) is 5.09. The highest BCUT2D eigenvalue weighted by Crippen LogP contribution is 2.04. The van der Waals surface area contributed by atoms with Crippen molar-refractivity contribution in [3.05, 3.63) is 35.7 Å². The number of hydrogen-bond donors (Lipinski definition) is 0. The molecule has 2 aromatic rings. The number of nitrogens with zero attached hydrogens (tertiary/aromatic N) is 4. The van der Waals surface area contributed by atoms with Crippen LogP contribution in [0.1, 0.15) is 11.4 Å². The van der Waals surface area contributed by atoms with E-state index in [1.807, 2.05) is 0 Å². The predicted molar refractivity (Wildman–Crippen MR) is 63.1 cm³/mol. The number of methoxy groups -OCH3 is 2. The molecule has 0 amide bonds. The lowest BCUT2D eigenvalue weighted by molar-refractivity contribution is 0.391. The van der Waals surface area contributed by atoms with Crippen molar-refractivity contribution in [1.29, 1.82) is 0 Å². The van der Waals surface area contributed by atoms with Crippen LogP contribution in [0.3, 0.4) is 0 Å². The van der Waals surface area contributed by atoms with Gasteiger partial charge >= 0.3 is 0 Å². The monoisotopic (exact) mass is 242 g/mol. The van der Waals surface area contributed by atoms with Crippen LogP contribution in [-0.4, -0.2) is 34.6 Å². The third-order valence-corrected chi connectivity index (χ3v) is 2.02. The van der Waals surface area contributed by atoms with Crippen molar-refractivity contribution in [3.63, 3.8) is 0 Å². The summed E-state index contributed by atoms with van der Waals surface area (Å²) in [4.78, 5) is 0. The summed E-state index contributed by atoms with van der Waals surface area (Å²) in [6.45, 7) is 0. The molecular formula is C12H10N4O2. The van der Waals surface area contributed by atoms with Crippen LogP contribution in [0.15, 0.2) is 24.3 Å². The largest absolute Gasteiger partial charge is 0.480 e. The topological polar surface area (TPSA) is 70.0 Å². The van der Waals surface area contributed by atoms with Gasteiger partial charge in [-0.25, -0.2) is 0 Å². The molecule has 0 atom stereocenters. The molecule has 0 saturated heterocycles. The second-order valence-electron chi connectivity index (χ2n) is 3.17. The molecule has 0 N–H and O–H groups in total. The van der Waals surface area contributed by atoms with Gasteiger partial charge in [-0.05, 0) is 24.0 Å². The van der Waals surface area contributed by atoms with Crippen molar-refractivity contribution in [2.75, 3.05) is 14.2 Å². The first kappa shape index (κ1) is 11.8. The summed E-state index contributed by atoms with van der Waals surface area (Å²) in [5.41, 5.74) is 1.07. The van der Waals surface area contributed by atoms with Crippen molar-refractivity contribution < 1.29 is 9.47 Å². The average molecular weight is 242 g/mol. The Kier molecular flexibility index (Phi) is 3.66. The molecule has 0 aliphatic carbocycles. The minimum Gasteiger partial charge on any atom is -0.480 e. The van der Waals surface area contributed by atoms with E-state index in [0.29, 0.717) is 23.1 Å². The first-order chi connectivity index (χ1) is 8.81. The number of aromatic nitrogens is 4. The van der Waals surface area contributed by atoms with E-state index in [0.717, 1.165) is 0 Å². The average Bonchev–Trinajstić information content (AvgIpc) is 2.46. The zero-order chi connectivity index (χ0) is 12.8. The van der Waals surface area contributed by atoms with E-state index in [-0.39, 0.29) is 0 Å². The highest BCUT2D eigenvalue weighted by Gasteiger charge is 1.95. The predicted octanol–water partition coefficient (Wildman–Crippen LogP) is 0.684. The number of ether oxygens (including phenoxy) is 2. The van der Waals surface area contributed by atoms with Crippen LogP contribution >= 0.6 is 0 Å². The number of rotatable bonds is 2. The summed E-state index contributed by atoms with van der Waals surface area (Å²) >= 11 is 0. The molecule has 0 aliphatic heterocycles. The van der Waals surface area contributed by atoms with Crippen molar-refractivity contribution in [3.8, 4) is 23.6 Å². The molecule has 0 bridgehead atoms. The molecule has 18 heavy (non-hydrogen) atoms. The van der Waals surface area contributed by atoms with Crippen LogP contribution in [0.5, 0.6) is 11.8 Å². The lowest BCUT2D eigenvalue weighted by Crippen LogP contribution is -1.93. The van der Waals surface area contributed by atoms with Crippen LogP contribution in [0.2, 0.25) is 0 Å². The van der Waals surface area contributed by atoms with E-state index >= 15 is 0 Å². The maximum absolute atomic E-state index is 4.90. The van der Waals surface area contributed by atoms with Gasteiger partial charge in [0.1, 0.15) is 11.4 Å². The van der Waals surface area contributed by atoms with E-state index in [9.17, 15) is 0 Å². The third-order valence-electron chi connectivity index (χ3n) is 2.02. The Morgan fingerprint density at radius 1 is 0.722 bits per heavy atom. The van der Waals surface area contributed by atoms with E-state index in [2.05, 4.69) is 32.2 Å². The summed E-state index contributed by atoms with van der Waals surface area (Å²) in [5, 5.41) is 15.4. The Morgan fingerprint density at radius 3 is 1.44 bits per heavy atom. The molecule has 0 unspecified atom stereocenters.